The molecule has 2 amide bonds. The molecule has 1 aliphatic heterocycles. The van der Waals surface area contributed by atoms with Crippen LogP contribution in [0.5, 0.6) is 0 Å². The first-order chi connectivity index (χ1) is 12.5. The van der Waals surface area contributed by atoms with Crippen molar-refractivity contribution >= 4 is 23.4 Å². The number of benzene rings is 2. The number of carbonyl (C=O) groups excluding carboxylic acids is 2. The zero-order chi connectivity index (χ0) is 18.7. The number of amides is 2. The molecule has 0 spiro atoms. The molecule has 2 aromatic rings. The van der Waals surface area contributed by atoms with Crippen LogP contribution in [0.15, 0.2) is 48.5 Å². The number of hydrogen-bond acceptors (Lipinski definition) is 3. The third kappa shape index (κ3) is 3.89. The quantitative estimate of drug-likeness (QED) is 0.898. The van der Waals surface area contributed by atoms with E-state index < -0.39 is 11.9 Å². The van der Waals surface area contributed by atoms with Crippen molar-refractivity contribution in [1.82, 2.24) is 9.80 Å². The molecule has 1 heterocycles. The minimum absolute atomic E-state index is 0.0323. The summed E-state index contributed by atoms with van der Waals surface area (Å²) in [5, 5.41) is 0.616. The minimum atomic E-state index is -0.511. The van der Waals surface area contributed by atoms with Gasteiger partial charge in [0.15, 0.2) is 0 Å². The second-order valence-corrected chi connectivity index (χ2v) is 6.94. The fraction of sp³-hybridized carbons (Fsp3) is 0.300. The summed E-state index contributed by atoms with van der Waals surface area (Å²) in [7, 11) is 0. The number of halogens is 1. The Morgan fingerprint density at radius 1 is 1.00 bits per heavy atom. The number of primary amides is 1. The molecule has 0 saturated carbocycles. The Bertz CT molecular complexity index is 799. The molecule has 1 aliphatic rings. The summed E-state index contributed by atoms with van der Waals surface area (Å²) in [6.07, 6.45) is 0. The number of piperazine rings is 1. The number of aryl methyl sites for hydroxylation is 1. The van der Waals surface area contributed by atoms with E-state index >= 15 is 0 Å². The standard InChI is InChI=1S/C20H22ClN3O2/c1-14-4-2-3-5-17(14)20(26)24-12-10-23(11-13-24)18(19(22)25)15-6-8-16(21)9-7-15/h2-9,18H,10-13H2,1H3,(H2,22,25)/t18-/m1/s1. The van der Waals surface area contributed by atoms with Gasteiger partial charge in [0.05, 0.1) is 0 Å². The molecular weight excluding hydrogens is 350 g/mol. The Morgan fingerprint density at radius 2 is 1.62 bits per heavy atom. The van der Waals surface area contributed by atoms with Crippen LogP contribution >= 0.6 is 11.6 Å². The van der Waals surface area contributed by atoms with Crippen molar-refractivity contribution in [1.29, 1.82) is 0 Å². The summed E-state index contributed by atoms with van der Waals surface area (Å²) in [4.78, 5) is 28.6. The smallest absolute Gasteiger partial charge is 0.254 e. The number of nitrogens with zero attached hydrogens (tertiary/aromatic N) is 2. The predicted molar refractivity (Wildman–Crippen MR) is 102 cm³/mol. The molecule has 0 bridgehead atoms. The van der Waals surface area contributed by atoms with E-state index in [0.717, 1.165) is 16.7 Å². The van der Waals surface area contributed by atoms with Crippen molar-refractivity contribution in [3.63, 3.8) is 0 Å². The molecule has 3 rings (SSSR count). The van der Waals surface area contributed by atoms with Crippen molar-refractivity contribution < 1.29 is 9.59 Å². The van der Waals surface area contributed by atoms with Gasteiger partial charge in [0.2, 0.25) is 5.91 Å². The highest BCUT2D eigenvalue weighted by Gasteiger charge is 2.30. The van der Waals surface area contributed by atoms with E-state index in [0.29, 0.717) is 31.2 Å². The van der Waals surface area contributed by atoms with Gasteiger partial charge in [-0.3, -0.25) is 14.5 Å². The van der Waals surface area contributed by atoms with Crippen LogP contribution in [0.2, 0.25) is 5.02 Å². The molecular formula is C20H22ClN3O2. The number of nitrogens with two attached hydrogens (primary N) is 1. The molecule has 0 aromatic heterocycles. The fourth-order valence-corrected chi connectivity index (χ4v) is 3.49. The van der Waals surface area contributed by atoms with Gasteiger partial charge >= 0.3 is 0 Å². The highest BCUT2D eigenvalue weighted by atomic mass is 35.5. The maximum atomic E-state index is 12.7. The lowest BCUT2D eigenvalue weighted by atomic mass is 10.0. The number of hydrogen-bond donors (Lipinski definition) is 1. The Morgan fingerprint density at radius 3 is 2.19 bits per heavy atom. The van der Waals surface area contributed by atoms with Crippen LogP contribution < -0.4 is 5.73 Å². The van der Waals surface area contributed by atoms with E-state index in [9.17, 15) is 9.59 Å². The molecule has 136 valence electrons. The minimum Gasteiger partial charge on any atom is -0.368 e. The van der Waals surface area contributed by atoms with Crippen LogP contribution in [0.25, 0.3) is 0 Å². The molecule has 5 nitrogen and oxygen atoms in total. The Kier molecular flexibility index (Phi) is 5.59. The van der Waals surface area contributed by atoms with Crippen LogP contribution in [0.1, 0.15) is 27.5 Å². The summed E-state index contributed by atoms with van der Waals surface area (Å²) in [5.41, 5.74) is 8.16. The summed E-state index contributed by atoms with van der Waals surface area (Å²) < 4.78 is 0. The van der Waals surface area contributed by atoms with Gasteiger partial charge in [0.25, 0.3) is 5.91 Å². The molecule has 0 unspecified atom stereocenters. The average Bonchev–Trinajstić information content (AvgIpc) is 2.64. The molecule has 1 fully saturated rings. The fourth-order valence-electron chi connectivity index (χ4n) is 3.37. The zero-order valence-corrected chi connectivity index (χ0v) is 15.4. The lowest BCUT2D eigenvalue weighted by Crippen LogP contribution is -2.52. The van der Waals surface area contributed by atoms with Crippen LogP contribution in [0.3, 0.4) is 0 Å². The van der Waals surface area contributed by atoms with E-state index in [4.69, 9.17) is 17.3 Å². The van der Waals surface area contributed by atoms with Gasteiger partial charge in [-0.2, -0.15) is 0 Å². The predicted octanol–water partition coefficient (Wildman–Crippen LogP) is 2.63. The van der Waals surface area contributed by atoms with Crippen LogP contribution in [0.4, 0.5) is 0 Å². The lowest BCUT2D eigenvalue weighted by Gasteiger charge is -2.38. The van der Waals surface area contributed by atoms with Crippen molar-refractivity contribution in [3.8, 4) is 0 Å². The van der Waals surface area contributed by atoms with Crippen LogP contribution in [-0.2, 0) is 4.79 Å². The maximum Gasteiger partial charge on any atom is 0.254 e. The molecule has 2 N–H and O–H groups in total. The van der Waals surface area contributed by atoms with Crippen molar-refractivity contribution in [2.75, 3.05) is 26.2 Å². The van der Waals surface area contributed by atoms with Gasteiger partial charge in [-0.15, -0.1) is 0 Å². The summed E-state index contributed by atoms with van der Waals surface area (Å²) in [6, 6.07) is 14.2. The first kappa shape index (κ1) is 18.4. The number of carbonyl (C=O) groups is 2. The van der Waals surface area contributed by atoms with Crippen molar-refractivity contribution in [2.45, 2.75) is 13.0 Å². The van der Waals surface area contributed by atoms with Crippen LogP contribution in [0, 0.1) is 6.92 Å². The van der Waals surface area contributed by atoms with E-state index in [1.165, 1.54) is 0 Å². The average molecular weight is 372 g/mol. The van der Waals surface area contributed by atoms with Crippen LogP contribution in [-0.4, -0.2) is 47.8 Å². The highest BCUT2D eigenvalue weighted by molar-refractivity contribution is 6.30. The molecule has 0 aliphatic carbocycles. The second kappa shape index (κ2) is 7.89. The Hall–Kier alpha value is -2.37. The SMILES string of the molecule is Cc1ccccc1C(=O)N1CCN([C@@H](C(N)=O)c2ccc(Cl)cc2)CC1. The monoisotopic (exact) mass is 371 g/mol. The number of rotatable bonds is 4. The van der Waals surface area contributed by atoms with E-state index in [2.05, 4.69) is 0 Å². The Labute approximate surface area is 158 Å². The summed E-state index contributed by atoms with van der Waals surface area (Å²) in [6.45, 7) is 4.24. The Balaban J connectivity index is 1.70. The molecule has 2 aromatic carbocycles. The lowest BCUT2D eigenvalue weighted by molar-refractivity contribution is -0.124. The van der Waals surface area contributed by atoms with E-state index in [1.807, 2.05) is 53.1 Å². The molecule has 6 heteroatoms. The molecule has 26 heavy (non-hydrogen) atoms. The van der Waals surface area contributed by atoms with Gasteiger partial charge in [-0.05, 0) is 36.2 Å². The van der Waals surface area contributed by atoms with E-state index in [-0.39, 0.29) is 5.91 Å². The van der Waals surface area contributed by atoms with Gasteiger partial charge < -0.3 is 10.6 Å². The highest BCUT2D eigenvalue weighted by Crippen LogP contribution is 2.24. The first-order valence-corrected chi connectivity index (χ1v) is 8.99. The topological polar surface area (TPSA) is 66.6 Å². The maximum absolute atomic E-state index is 12.7. The van der Waals surface area contributed by atoms with Crippen molar-refractivity contribution in [3.05, 3.63) is 70.2 Å². The zero-order valence-electron chi connectivity index (χ0n) is 14.7. The van der Waals surface area contributed by atoms with Gasteiger partial charge in [0, 0.05) is 36.8 Å². The van der Waals surface area contributed by atoms with Crippen molar-refractivity contribution in [2.24, 2.45) is 5.73 Å². The third-order valence-electron chi connectivity index (χ3n) is 4.80. The summed E-state index contributed by atoms with van der Waals surface area (Å²) >= 11 is 5.93. The van der Waals surface area contributed by atoms with Gasteiger partial charge in [0.1, 0.15) is 6.04 Å². The molecule has 1 atom stereocenters. The first-order valence-electron chi connectivity index (χ1n) is 8.61. The normalized spacial score (nSPS) is 16.3. The molecule has 0 radical (unpaired) electrons. The third-order valence-corrected chi connectivity index (χ3v) is 5.05. The largest absolute Gasteiger partial charge is 0.368 e. The van der Waals surface area contributed by atoms with Gasteiger partial charge in [-0.25, -0.2) is 0 Å². The summed E-state index contributed by atoms with van der Waals surface area (Å²) in [5.74, 6) is -0.365. The second-order valence-electron chi connectivity index (χ2n) is 6.50. The van der Waals surface area contributed by atoms with E-state index in [1.54, 1.807) is 12.1 Å². The molecule has 1 saturated heterocycles. The van der Waals surface area contributed by atoms with Gasteiger partial charge in [-0.1, -0.05) is 41.9 Å².